The van der Waals surface area contributed by atoms with Gasteiger partial charge in [-0.2, -0.15) is 5.10 Å². The zero-order valence-corrected chi connectivity index (χ0v) is 15.6. The molecule has 7 heteroatoms. The van der Waals surface area contributed by atoms with Gasteiger partial charge in [-0.05, 0) is 55.0 Å². The number of fused-ring (bicyclic) bond motifs is 1. The first-order valence-electron chi connectivity index (χ1n) is 8.65. The van der Waals surface area contributed by atoms with Gasteiger partial charge in [-0.1, -0.05) is 0 Å². The highest BCUT2D eigenvalue weighted by atomic mass is 32.1. The van der Waals surface area contributed by atoms with Crippen LogP contribution < -0.4 is 14.3 Å². The van der Waals surface area contributed by atoms with Gasteiger partial charge in [0.15, 0.2) is 11.5 Å². The maximum Gasteiger partial charge on any atom is 0.206 e. The van der Waals surface area contributed by atoms with Crippen LogP contribution >= 0.6 is 11.3 Å². The molecule has 27 heavy (non-hydrogen) atoms. The van der Waals surface area contributed by atoms with Gasteiger partial charge in [0.25, 0.3) is 0 Å². The number of rotatable bonds is 4. The Morgan fingerprint density at radius 1 is 1.11 bits per heavy atom. The van der Waals surface area contributed by atoms with E-state index in [0.29, 0.717) is 19.8 Å². The summed E-state index contributed by atoms with van der Waals surface area (Å²) in [5.74, 6) is 1.20. The Bertz CT molecular complexity index is 1040. The highest BCUT2D eigenvalue weighted by Gasteiger charge is 2.11. The van der Waals surface area contributed by atoms with Crippen molar-refractivity contribution in [1.82, 2.24) is 4.68 Å². The molecule has 5 nitrogen and oxygen atoms in total. The summed E-state index contributed by atoms with van der Waals surface area (Å²) >= 11 is 1.50. The molecule has 138 valence electrons. The molecule has 1 aliphatic heterocycles. The summed E-state index contributed by atoms with van der Waals surface area (Å²) in [5.41, 5.74) is 2.64. The molecular formula is C20H18FN3O2S. The van der Waals surface area contributed by atoms with Gasteiger partial charge in [0.05, 0.1) is 11.9 Å². The predicted octanol–water partition coefficient (Wildman–Crippen LogP) is 3.93. The molecular weight excluding hydrogens is 365 g/mol. The lowest BCUT2D eigenvalue weighted by atomic mass is 10.2. The Morgan fingerprint density at radius 3 is 2.67 bits per heavy atom. The van der Waals surface area contributed by atoms with Gasteiger partial charge in [0.1, 0.15) is 19.0 Å². The number of benzene rings is 2. The van der Waals surface area contributed by atoms with Gasteiger partial charge in [-0.25, -0.2) is 9.07 Å². The van der Waals surface area contributed by atoms with Crippen LogP contribution in [0.5, 0.6) is 11.5 Å². The summed E-state index contributed by atoms with van der Waals surface area (Å²) in [6, 6.07) is 12.1. The molecule has 0 atom stereocenters. The van der Waals surface area contributed by atoms with Gasteiger partial charge in [0.2, 0.25) is 4.80 Å². The average molecular weight is 383 g/mol. The van der Waals surface area contributed by atoms with E-state index in [2.05, 4.69) is 10.1 Å². The molecule has 0 unspecified atom stereocenters. The number of hydrogen-bond acceptors (Lipinski definition) is 5. The maximum absolute atomic E-state index is 13.3. The number of thiazole rings is 1. The number of halogens is 1. The minimum atomic E-state index is -0.265. The van der Waals surface area contributed by atoms with Gasteiger partial charge >= 0.3 is 0 Å². The lowest BCUT2D eigenvalue weighted by Crippen LogP contribution is -2.15. The second-order valence-corrected chi connectivity index (χ2v) is 6.68. The smallest absolute Gasteiger partial charge is 0.206 e. The first kappa shape index (κ1) is 17.5. The van der Waals surface area contributed by atoms with E-state index in [9.17, 15) is 4.39 Å². The van der Waals surface area contributed by atoms with Crippen molar-refractivity contribution in [2.24, 2.45) is 10.1 Å². The van der Waals surface area contributed by atoms with E-state index in [1.807, 2.05) is 30.5 Å². The average Bonchev–Trinajstić information content (AvgIpc) is 3.09. The zero-order chi connectivity index (χ0) is 18.6. The second-order valence-electron chi connectivity index (χ2n) is 5.84. The first-order chi connectivity index (χ1) is 13.2. The van der Waals surface area contributed by atoms with Crippen molar-refractivity contribution < 1.29 is 13.9 Å². The number of hydrogen-bond donors (Lipinski definition) is 0. The third-order valence-corrected chi connectivity index (χ3v) is 4.86. The van der Waals surface area contributed by atoms with Crippen LogP contribution in [0.2, 0.25) is 0 Å². The van der Waals surface area contributed by atoms with Crippen molar-refractivity contribution >= 4 is 17.6 Å². The van der Waals surface area contributed by atoms with Crippen molar-refractivity contribution in [3.8, 4) is 22.8 Å². The van der Waals surface area contributed by atoms with E-state index in [-0.39, 0.29) is 5.82 Å². The molecule has 0 bridgehead atoms. The van der Waals surface area contributed by atoms with Crippen LogP contribution in [0.3, 0.4) is 0 Å². The maximum atomic E-state index is 13.3. The van der Waals surface area contributed by atoms with E-state index in [0.717, 1.165) is 33.1 Å². The van der Waals surface area contributed by atoms with E-state index in [1.165, 1.54) is 23.5 Å². The molecule has 3 aromatic rings. The lowest BCUT2D eigenvalue weighted by molar-refractivity contribution is 0.171. The Balaban J connectivity index is 1.72. The normalized spacial score (nSPS) is 14.1. The van der Waals surface area contributed by atoms with Crippen LogP contribution in [0.4, 0.5) is 4.39 Å². The lowest BCUT2D eigenvalue weighted by Gasteiger charge is -2.18. The van der Waals surface area contributed by atoms with Crippen LogP contribution in [0.1, 0.15) is 12.5 Å². The molecule has 0 aliphatic carbocycles. The third-order valence-electron chi connectivity index (χ3n) is 4.01. The van der Waals surface area contributed by atoms with Gasteiger partial charge < -0.3 is 9.47 Å². The second kappa shape index (κ2) is 7.75. The van der Waals surface area contributed by atoms with Crippen molar-refractivity contribution in [3.05, 3.63) is 64.0 Å². The van der Waals surface area contributed by atoms with Crippen molar-refractivity contribution in [2.75, 3.05) is 19.8 Å². The van der Waals surface area contributed by atoms with Crippen LogP contribution in [0.25, 0.3) is 11.3 Å². The topological polar surface area (TPSA) is 48.1 Å². The zero-order valence-electron chi connectivity index (χ0n) is 14.8. The summed E-state index contributed by atoms with van der Waals surface area (Å²) < 4.78 is 26.2. The summed E-state index contributed by atoms with van der Waals surface area (Å²) in [7, 11) is 0. The molecule has 4 rings (SSSR count). The molecule has 1 aromatic heterocycles. The fourth-order valence-corrected chi connectivity index (χ4v) is 3.64. The molecule has 0 radical (unpaired) electrons. The van der Waals surface area contributed by atoms with Crippen molar-refractivity contribution in [2.45, 2.75) is 6.92 Å². The largest absolute Gasteiger partial charge is 0.486 e. The summed E-state index contributed by atoms with van der Waals surface area (Å²) in [6.45, 7) is 3.74. The van der Waals surface area contributed by atoms with Gasteiger partial charge in [-0.15, -0.1) is 11.3 Å². The summed E-state index contributed by atoms with van der Waals surface area (Å²) in [4.78, 5) is 5.28. The first-order valence-corrected chi connectivity index (χ1v) is 9.53. The molecule has 0 fully saturated rings. The van der Waals surface area contributed by atoms with E-state index in [4.69, 9.17) is 9.47 Å². The van der Waals surface area contributed by atoms with E-state index >= 15 is 0 Å². The van der Waals surface area contributed by atoms with Crippen LogP contribution in [0.15, 0.2) is 57.9 Å². The fraction of sp³-hybridized carbons (Fsp3) is 0.200. The van der Waals surface area contributed by atoms with Crippen LogP contribution in [-0.2, 0) is 0 Å². The standard InChI is InChI=1S/C20H18FN3O2S/c1-2-22-20-24(17(13-27-20)15-4-6-16(21)7-5-15)23-12-14-3-8-18-19(11-14)26-10-9-25-18/h3-8,11-13H,2,9-10H2,1H3/b22-20?,23-12+. The Morgan fingerprint density at radius 2 is 1.89 bits per heavy atom. The van der Waals surface area contributed by atoms with Crippen LogP contribution in [0, 0.1) is 5.82 Å². The monoisotopic (exact) mass is 383 g/mol. The predicted molar refractivity (Wildman–Crippen MR) is 104 cm³/mol. The van der Waals surface area contributed by atoms with E-state index in [1.54, 1.807) is 23.0 Å². The third kappa shape index (κ3) is 3.78. The van der Waals surface area contributed by atoms with Gasteiger partial charge in [0, 0.05) is 17.5 Å². The SMILES string of the molecule is CCN=c1scc(-c2ccc(F)cc2)n1/N=C/c1ccc2c(c1)OCCO2. The molecule has 2 heterocycles. The molecule has 1 aliphatic rings. The number of ether oxygens (including phenoxy) is 2. The Labute approximate surface area is 160 Å². The number of nitrogens with zero attached hydrogens (tertiary/aromatic N) is 3. The van der Waals surface area contributed by atoms with Crippen LogP contribution in [-0.4, -0.2) is 30.6 Å². The van der Waals surface area contributed by atoms with Crippen molar-refractivity contribution in [3.63, 3.8) is 0 Å². The summed E-state index contributed by atoms with van der Waals surface area (Å²) in [5, 5.41) is 6.60. The highest BCUT2D eigenvalue weighted by Crippen LogP contribution is 2.30. The minimum absolute atomic E-state index is 0.265. The fourth-order valence-electron chi connectivity index (χ4n) is 2.74. The Kier molecular flexibility index (Phi) is 5.02. The van der Waals surface area contributed by atoms with E-state index < -0.39 is 0 Å². The molecule has 2 aromatic carbocycles. The van der Waals surface area contributed by atoms with Gasteiger partial charge in [-0.3, -0.25) is 4.99 Å². The molecule has 0 amide bonds. The highest BCUT2D eigenvalue weighted by molar-refractivity contribution is 7.07. The quantitative estimate of drug-likeness (QED) is 0.641. The molecule has 0 N–H and O–H groups in total. The summed E-state index contributed by atoms with van der Waals surface area (Å²) in [6.07, 6.45) is 1.76. The molecule has 0 spiro atoms. The molecule has 0 saturated carbocycles. The Hall–Kier alpha value is -2.93. The van der Waals surface area contributed by atoms with Crippen molar-refractivity contribution in [1.29, 1.82) is 0 Å². The molecule has 0 saturated heterocycles. The number of aromatic nitrogens is 1. The minimum Gasteiger partial charge on any atom is -0.486 e.